The van der Waals surface area contributed by atoms with Crippen molar-refractivity contribution in [2.45, 2.75) is 6.92 Å². The van der Waals surface area contributed by atoms with E-state index in [0.29, 0.717) is 43.7 Å². The van der Waals surface area contributed by atoms with Gasteiger partial charge in [-0.1, -0.05) is 22.9 Å². The molecule has 148 valence electrons. The molecule has 1 N–H and O–H groups in total. The van der Waals surface area contributed by atoms with Crippen molar-refractivity contribution in [3.8, 4) is 29.2 Å². The third-order valence-corrected chi connectivity index (χ3v) is 5.18. The van der Waals surface area contributed by atoms with Gasteiger partial charge in [0, 0.05) is 23.0 Å². The van der Waals surface area contributed by atoms with Crippen LogP contribution in [0.5, 0.6) is 5.75 Å². The van der Waals surface area contributed by atoms with Crippen LogP contribution in [0, 0.1) is 19.3 Å². The summed E-state index contributed by atoms with van der Waals surface area (Å²) in [6, 6.07) is 3.42. The van der Waals surface area contributed by atoms with Crippen LogP contribution >= 0.6 is 22.9 Å². The molecule has 0 aromatic carbocycles. The van der Waals surface area contributed by atoms with Crippen molar-refractivity contribution >= 4 is 44.5 Å². The Morgan fingerprint density at radius 3 is 2.77 bits per heavy atom. The van der Waals surface area contributed by atoms with Gasteiger partial charge < -0.3 is 4.74 Å². The van der Waals surface area contributed by atoms with Crippen molar-refractivity contribution in [3.05, 3.63) is 52.8 Å². The van der Waals surface area contributed by atoms with Gasteiger partial charge in [0.2, 0.25) is 0 Å². The van der Waals surface area contributed by atoms with Gasteiger partial charge >= 0.3 is 0 Å². The lowest BCUT2D eigenvalue weighted by molar-refractivity contribution is 0.102. The zero-order valence-corrected chi connectivity index (χ0v) is 17.4. The van der Waals surface area contributed by atoms with Crippen LogP contribution in [0.3, 0.4) is 0 Å². The molecule has 8 nitrogen and oxygen atoms in total. The van der Waals surface area contributed by atoms with E-state index in [1.165, 1.54) is 37.0 Å². The van der Waals surface area contributed by atoms with E-state index in [1.807, 2.05) is 6.92 Å². The summed E-state index contributed by atoms with van der Waals surface area (Å²) >= 11 is 7.25. The van der Waals surface area contributed by atoms with Crippen LogP contribution in [0.15, 0.2) is 30.7 Å². The Hall–Kier alpha value is -3.61. The molecule has 30 heavy (non-hydrogen) atoms. The Morgan fingerprint density at radius 1 is 1.17 bits per heavy atom. The first-order chi connectivity index (χ1) is 14.5. The number of thiazole rings is 1. The molecule has 10 heteroatoms. The van der Waals surface area contributed by atoms with E-state index < -0.39 is 5.91 Å². The molecule has 0 spiro atoms. The van der Waals surface area contributed by atoms with Crippen molar-refractivity contribution < 1.29 is 9.53 Å². The van der Waals surface area contributed by atoms with Gasteiger partial charge in [-0.15, -0.1) is 6.42 Å². The number of anilines is 1. The maximum Gasteiger partial charge on any atom is 0.259 e. The van der Waals surface area contributed by atoms with E-state index in [-0.39, 0.29) is 5.15 Å². The number of amides is 1. The zero-order chi connectivity index (χ0) is 21.3. The molecule has 0 atom stereocenters. The monoisotopic (exact) mass is 436 g/mol. The lowest BCUT2D eigenvalue weighted by Crippen LogP contribution is -2.14. The molecular formula is C20H13ClN6O2S. The second-order valence-electron chi connectivity index (χ2n) is 6.08. The average Bonchev–Trinajstić information content (AvgIpc) is 3.14. The molecule has 1 amide bonds. The number of aromatic nitrogens is 5. The van der Waals surface area contributed by atoms with E-state index in [2.05, 4.69) is 36.2 Å². The minimum Gasteiger partial charge on any atom is -0.494 e. The summed E-state index contributed by atoms with van der Waals surface area (Å²) in [5.41, 5.74) is 3.08. The number of rotatable bonds is 4. The summed E-state index contributed by atoms with van der Waals surface area (Å²) in [6.07, 6.45) is 9.80. The van der Waals surface area contributed by atoms with E-state index in [4.69, 9.17) is 22.8 Å². The number of ether oxygens (including phenoxy) is 1. The third-order valence-electron chi connectivity index (χ3n) is 4.12. The smallest absolute Gasteiger partial charge is 0.259 e. The van der Waals surface area contributed by atoms with Crippen LogP contribution in [0.4, 0.5) is 5.13 Å². The highest BCUT2D eigenvalue weighted by atomic mass is 35.5. The van der Waals surface area contributed by atoms with Crippen molar-refractivity contribution in [2.24, 2.45) is 0 Å². The summed E-state index contributed by atoms with van der Waals surface area (Å²) in [5.74, 6) is 2.50. The lowest BCUT2D eigenvalue weighted by atomic mass is 10.0. The van der Waals surface area contributed by atoms with Gasteiger partial charge in [-0.2, -0.15) is 4.98 Å². The van der Waals surface area contributed by atoms with E-state index in [1.54, 1.807) is 12.1 Å². The third kappa shape index (κ3) is 3.78. The Labute approximate surface area is 180 Å². The van der Waals surface area contributed by atoms with Crippen LogP contribution in [-0.4, -0.2) is 37.9 Å². The fourth-order valence-corrected chi connectivity index (χ4v) is 3.71. The highest BCUT2D eigenvalue weighted by Crippen LogP contribution is 2.34. The minimum atomic E-state index is -0.399. The summed E-state index contributed by atoms with van der Waals surface area (Å²) in [4.78, 5) is 34.6. The number of fused-ring (bicyclic) bond motifs is 1. The van der Waals surface area contributed by atoms with E-state index in [9.17, 15) is 4.79 Å². The Balaban J connectivity index is 1.74. The number of pyridine rings is 2. The number of methoxy groups -OCH3 is 1. The van der Waals surface area contributed by atoms with Crippen molar-refractivity contribution in [2.75, 3.05) is 12.4 Å². The molecule has 0 aliphatic carbocycles. The second-order valence-corrected chi connectivity index (χ2v) is 7.44. The van der Waals surface area contributed by atoms with Gasteiger partial charge in [0.15, 0.2) is 15.6 Å². The summed E-state index contributed by atoms with van der Waals surface area (Å²) in [5, 5.41) is 3.39. The molecule has 4 aromatic heterocycles. The van der Waals surface area contributed by atoms with Gasteiger partial charge in [0.1, 0.15) is 16.6 Å². The first-order valence-corrected chi connectivity index (χ1v) is 9.76. The fraction of sp³-hybridized carbons (Fsp3) is 0.100. The lowest BCUT2D eigenvalue weighted by Gasteiger charge is -2.13. The van der Waals surface area contributed by atoms with Crippen molar-refractivity contribution in [3.63, 3.8) is 0 Å². The first-order valence-electron chi connectivity index (χ1n) is 8.56. The van der Waals surface area contributed by atoms with Gasteiger partial charge in [-0.25, -0.2) is 15.0 Å². The molecule has 0 radical (unpaired) electrons. The van der Waals surface area contributed by atoms with Gasteiger partial charge in [-0.3, -0.25) is 15.1 Å². The number of carbonyl (C=O) groups is 1. The van der Waals surface area contributed by atoms with Crippen molar-refractivity contribution in [1.82, 2.24) is 24.9 Å². The van der Waals surface area contributed by atoms with Gasteiger partial charge in [0.05, 0.1) is 25.1 Å². The molecule has 4 rings (SSSR count). The molecule has 0 saturated carbocycles. The van der Waals surface area contributed by atoms with E-state index in [0.717, 1.165) is 5.69 Å². The molecule has 0 aliphatic heterocycles. The standard InChI is InChI=1S/C20H13ClN6O2S/c1-4-11-7-24-17-19(25-11)30-20(26-17)27-18(28)14-8-22-10(2)5-12(14)13-6-16(21)23-9-15(13)29-3/h1,5-9H,2-3H3,(H,24,26,27,28). The zero-order valence-electron chi connectivity index (χ0n) is 15.8. The number of hydrogen-bond donors (Lipinski definition) is 1. The summed E-state index contributed by atoms with van der Waals surface area (Å²) in [7, 11) is 1.52. The molecule has 0 bridgehead atoms. The van der Waals surface area contributed by atoms with Gasteiger partial charge in [0.25, 0.3) is 5.91 Å². The van der Waals surface area contributed by atoms with Crippen LogP contribution in [-0.2, 0) is 0 Å². The number of terminal acetylenes is 1. The van der Waals surface area contributed by atoms with Crippen molar-refractivity contribution in [1.29, 1.82) is 0 Å². The van der Waals surface area contributed by atoms with Crippen LogP contribution in [0.1, 0.15) is 21.7 Å². The predicted octanol–water partition coefficient (Wildman–Crippen LogP) is 3.75. The molecule has 0 aliphatic rings. The highest BCUT2D eigenvalue weighted by molar-refractivity contribution is 7.21. The van der Waals surface area contributed by atoms with Crippen LogP contribution in [0.25, 0.3) is 21.6 Å². The quantitative estimate of drug-likeness (QED) is 0.384. The first kappa shape index (κ1) is 19.7. The number of nitrogens with one attached hydrogen (secondary N) is 1. The largest absolute Gasteiger partial charge is 0.494 e. The SMILES string of the molecule is C#Cc1cnc2nc(NC(=O)c3cnc(C)cc3-c3cc(Cl)ncc3OC)sc2n1. The highest BCUT2D eigenvalue weighted by Gasteiger charge is 2.19. The molecule has 0 unspecified atom stereocenters. The maximum absolute atomic E-state index is 13.1. The minimum absolute atomic E-state index is 0.277. The number of carbonyl (C=O) groups excluding carboxylic acids is 1. The van der Waals surface area contributed by atoms with Gasteiger partial charge in [-0.05, 0) is 25.0 Å². The second kappa shape index (κ2) is 8.02. The van der Waals surface area contributed by atoms with Crippen LogP contribution < -0.4 is 10.1 Å². The molecular weight excluding hydrogens is 424 g/mol. The Bertz CT molecular complexity index is 1330. The number of nitrogens with zero attached hydrogens (tertiary/aromatic N) is 5. The van der Waals surface area contributed by atoms with E-state index >= 15 is 0 Å². The number of hydrogen-bond acceptors (Lipinski definition) is 8. The fourth-order valence-electron chi connectivity index (χ4n) is 2.76. The molecule has 4 heterocycles. The summed E-state index contributed by atoms with van der Waals surface area (Å²) in [6.45, 7) is 1.83. The average molecular weight is 437 g/mol. The van der Waals surface area contributed by atoms with Crippen LogP contribution in [0.2, 0.25) is 5.15 Å². The Kier molecular flexibility index (Phi) is 5.27. The molecule has 0 fully saturated rings. The number of aryl methyl sites for hydroxylation is 1. The molecule has 4 aromatic rings. The predicted molar refractivity (Wildman–Crippen MR) is 115 cm³/mol. The maximum atomic E-state index is 13.1. The normalized spacial score (nSPS) is 10.6. The summed E-state index contributed by atoms with van der Waals surface area (Å²) < 4.78 is 5.39. The molecule has 0 saturated heterocycles. The topological polar surface area (TPSA) is 103 Å². The number of halogens is 1. The Morgan fingerprint density at radius 2 is 2.00 bits per heavy atom.